The molecular weight excluding hydrogens is 373 g/mol. The summed E-state index contributed by atoms with van der Waals surface area (Å²) in [7, 11) is 0. The van der Waals surface area contributed by atoms with Crippen molar-refractivity contribution in [3.63, 3.8) is 0 Å². The molecule has 1 fully saturated rings. The van der Waals surface area contributed by atoms with Gasteiger partial charge in [-0.1, -0.05) is 18.2 Å². The Morgan fingerprint density at radius 2 is 1.97 bits per heavy atom. The first-order valence-electron chi connectivity index (χ1n) is 9.81. The van der Waals surface area contributed by atoms with Crippen LogP contribution in [0, 0.1) is 10.8 Å². The van der Waals surface area contributed by atoms with Crippen LogP contribution in [0.3, 0.4) is 0 Å². The fourth-order valence-corrected chi connectivity index (χ4v) is 3.55. The van der Waals surface area contributed by atoms with E-state index in [2.05, 4.69) is 15.6 Å². The van der Waals surface area contributed by atoms with E-state index in [4.69, 9.17) is 10.8 Å². The van der Waals surface area contributed by atoms with Crippen LogP contribution < -0.4 is 10.6 Å². The van der Waals surface area contributed by atoms with E-state index in [1.807, 2.05) is 42.3 Å². The largest absolute Gasteiger partial charge is 0.361 e. The lowest BCUT2D eigenvalue weighted by Crippen LogP contribution is -2.55. The SMILES string of the molecule is CC(Cc1c[nH]c2ccccc12)NC(=O)C(=N)NC(=N)N1CCN(CCF)CC1. The van der Waals surface area contributed by atoms with Crippen molar-refractivity contribution >= 4 is 28.6 Å². The number of H-pyrrole nitrogens is 1. The molecule has 1 aromatic heterocycles. The highest BCUT2D eigenvalue weighted by Gasteiger charge is 2.21. The van der Waals surface area contributed by atoms with Gasteiger partial charge >= 0.3 is 0 Å². The van der Waals surface area contributed by atoms with E-state index < -0.39 is 5.91 Å². The van der Waals surface area contributed by atoms with Crippen molar-refractivity contribution in [1.29, 1.82) is 10.8 Å². The number of nitrogens with one attached hydrogen (secondary N) is 5. The molecular formula is C20H28FN7O. The van der Waals surface area contributed by atoms with Crippen molar-refractivity contribution in [1.82, 2.24) is 25.4 Å². The Labute approximate surface area is 169 Å². The molecule has 1 aliphatic rings. The first-order chi connectivity index (χ1) is 14.0. The predicted octanol–water partition coefficient (Wildman–Crippen LogP) is 1.30. The van der Waals surface area contributed by atoms with E-state index in [1.54, 1.807) is 4.90 Å². The molecule has 5 N–H and O–H groups in total. The highest BCUT2D eigenvalue weighted by Crippen LogP contribution is 2.18. The minimum Gasteiger partial charge on any atom is -0.361 e. The standard InChI is InChI=1S/C20H28FN7O/c1-14(12-15-13-24-17-5-3-2-4-16(15)17)25-19(29)18(22)26-20(23)28-10-8-27(7-6-21)9-11-28/h2-5,13-14,24H,6-12H2,1H3,(H,25,29)(H3,22,23,26). The predicted molar refractivity (Wildman–Crippen MR) is 112 cm³/mol. The minimum absolute atomic E-state index is 0.0225. The Hall–Kier alpha value is -2.94. The third kappa shape index (κ3) is 5.32. The number of para-hydroxylation sites is 1. The number of benzene rings is 1. The second-order valence-corrected chi connectivity index (χ2v) is 7.30. The van der Waals surface area contributed by atoms with Gasteiger partial charge in [-0.15, -0.1) is 0 Å². The summed E-state index contributed by atoms with van der Waals surface area (Å²) in [5.74, 6) is -0.876. The molecule has 0 saturated carbocycles. The summed E-state index contributed by atoms with van der Waals surface area (Å²) < 4.78 is 12.4. The van der Waals surface area contributed by atoms with Gasteiger partial charge in [-0.25, -0.2) is 4.39 Å². The topological polar surface area (TPSA) is 111 Å². The van der Waals surface area contributed by atoms with Gasteiger partial charge in [0.1, 0.15) is 6.67 Å². The van der Waals surface area contributed by atoms with Crippen LogP contribution in [0.15, 0.2) is 30.5 Å². The summed E-state index contributed by atoms with van der Waals surface area (Å²) in [5, 5.41) is 22.6. The number of nitrogens with zero attached hydrogens (tertiary/aromatic N) is 2. The summed E-state index contributed by atoms with van der Waals surface area (Å²) in [5.41, 5.74) is 2.15. The van der Waals surface area contributed by atoms with Gasteiger partial charge in [-0.05, 0) is 25.0 Å². The molecule has 2 heterocycles. The zero-order valence-electron chi connectivity index (χ0n) is 16.6. The number of hydrogen-bond acceptors (Lipinski definition) is 4. The van der Waals surface area contributed by atoms with Crippen LogP contribution in [0.5, 0.6) is 0 Å². The maximum Gasteiger partial charge on any atom is 0.286 e. The third-order valence-corrected chi connectivity index (χ3v) is 5.14. The van der Waals surface area contributed by atoms with Crippen molar-refractivity contribution in [3.05, 3.63) is 36.0 Å². The third-order valence-electron chi connectivity index (χ3n) is 5.14. The number of amides is 1. The Balaban J connectivity index is 1.46. The van der Waals surface area contributed by atoms with E-state index in [0.717, 1.165) is 16.5 Å². The fourth-order valence-electron chi connectivity index (χ4n) is 3.55. The summed E-state index contributed by atoms with van der Waals surface area (Å²) in [6.45, 7) is 4.38. The second-order valence-electron chi connectivity index (χ2n) is 7.30. The smallest absolute Gasteiger partial charge is 0.286 e. The lowest BCUT2D eigenvalue weighted by Gasteiger charge is -2.35. The summed E-state index contributed by atoms with van der Waals surface area (Å²) >= 11 is 0. The van der Waals surface area contributed by atoms with Crippen LogP contribution in [0.2, 0.25) is 0 Å². The van der Waals surface area contributed by atoms with E-state index in [-0.39, 0.29) is 24.5 Å². The maximum absolute atomic E-state index is 12.4. The molecule has 1 aromatic carbocycles. The van der Waals surface area contributed by atoms with Crippen molar-refractivity contribution in [2.45, 2.75) is 19.4 Å². The zero-order chi connectivity index (χ0) is 20.8. The van der Waals surface area contributed by atoms with Gasteiger partial charge in [-0.3, -0.25) is 20.5 Å². The van der Waals surface area contributed by atoms with E-state index >= 15 is 0 Å². The molecule has 8 nitrogen and oxygen atoms in total. The lowest BCUT2D eigenvalue weighted by atomic mass is 10.1. The van der Waals surface area contributed by atoms with Crippen molar-refractivity contribution in [2.75, 3.05) is 39.4 Å². The highest BCUT2D eigenvalue weighted by atomic mass is 19.1. The molecule has 1 aliphatic heterocycles. The molecule has 3 rings (SSSR count). The van der Waals surface area contributed by atoms with E-state index in [1.165, 1.54) is 0 Å². The van der Waals surface area contributed by atoms with Crippen LogP contribution in [0.1, 0.15) is 12.5 Å². The number of aromatic amines is 1. The number of fused-ring (bicyclic) bond motifs is 1. The molecule has 0 radical (unpaired) electrons. The molecule has 0 aliphatic carbocycles. The van der Waals surface area contributed by atoms with Gasteiger partial charge in [0.25, 0.3) is 5.91 Å². The Morgan fingerprint density at radius 1 is 1.24 bits per heavy atom. The number of rotatable bonds is 5. The molecule has 9 heteroatoms. The van der Waals surface area contributed by atoms with Gasteiger partial charge in [-0.2, -0.15) is 0 Å². The molecule has 2 aromatic rings. The first kappa shape index (κ1) is 20.8. The number of amidine groups is 1. The summed E-state index contributed by atoms with van der Waals surface area (Å²) in [4.78, 5) is 19.3. The Kier molecular flexibility index (Phi) is 6.82. The zero-order valence-corrected chi connectivity index (χ0v) is 16.6. The van der Waals surface area contributed by atoms with Crippen LogP contribution in [0.25, 0.3) is 10.9 Å². The second kappa shape index (κ2) is 9.51. The van der Waals surface area contributed by atoms with E-state index in [9.17, 15) is 9.18 Å². The monoisotopic (exact) mass is 401 g/mol. The van der Waals surface area contributed by atoms with Gasteiger partial charge < -0.3 is 20.5 Å². The maximum atomic E-state index is 12.4. The number of carbonyl (C=O) groups excluding carboxylic acids is 1. The molecule has 29 heavy (non-hydrogen) atoms. The van der Waals surface area contributed by atoms with Crippen molar-refractivity contribution in [3.8, 4) is 0 Å². The number of piperazine rings is 1. The van der Waals surface area contributed by atoms with E-state index in [0.29, 0.717) is 39.1 Å². The van der Waals surface area contributed by atoms with Crippen LogP contribution in [-0.2, 0) is 11.2 Å². The molecule has 156 valence electrons. The molecule has 1 amide bonds. The number of guanidine groups is 1. The Morgan fingerprint density at radius 3 is 2.69 bits per heavy atom. The van der Waals surface area contributed by atoms with Gasteiger partial charge in [0.2, 0.25) is 0 Å². The van der Waals surface area contributed by atoms with Gasteiger partial charge in [0.05, 0.1) is 0 Å². The van der Waals surface area contributed by atoms with Crippen molar-refractivity contribution in [2.24, 2.45) is 0 Å². The number of carbonyl (C=O) groups is 1. The molecule has 0 bridgehead atoms. The van der Waals surface area contributed by atoms with Crippen LogP contribution >= 0.6 is 0 Å². The van der Waals surface area contributed by atoms with Crippen LogP contribution in [-0.4, -0.2) is 77.9 Å². The lowest BCUT2D eigenvalue weighted by molar-refractivity contribution is -0.115. The average molecular weight is 401 g/mol. The first-order valence-corrected chi connectivity index (χ1v) is 9.81. The molecule has 1 atom stereocenters. The summed E-state index contributed by atoms with van der Waals surface area (Å²) in [6, 6.07) is 7.82. The highest BCUT2D eigenvalue weighted by molar-refractivity contribution is 6.39. The Bertz CT molecular complexity index is 873. The number of halogens is 1. The van der Waals surface area contributed by atoms with Gasteiger partial charge in [0, 0.05) is 55.9 Å². The number of aromatic nitrogens is 1. The van der Waals surface area contributed by atoms with Crippen molar-refractivity contribution < 1.29 is 9.18 Å². The number of hydrogen-bond donors (Lipinski definition) is 5. The average Bonchev–Trinajstić information content (AvgIpc) is 3.11. The fraction of sp³-hybridized carbons (Fsp3) is 0.450. The molecule has 0 spiro atoms. The number of alkyl halides is 1. The molecule has 1 saturated heterocycles. The summed E-state index contributed by atoms with van der Waals surface area (Å²) in [6.07, 6.45) is 2.58. The minimum atomic E-state index is -0.543. The van der Waals surface area contributed by atoms with Gasteiger partial charge in [0.15, 0.2) is 11.8 Å². The quantitative estimate of drug-likeness (QED) is 0.384. The normalized spacial score (nSPS) is 15.9. The molecule has 1 unspecified atom stereocenters. The van der Waals surface area contributed by atoms with Crippen LogP contribution in [0.4, 0.5) is 4.39 Å².